The van der Waals surface area contributed by atoms with Gasteiger partial charge in [-0.25, -0.2) is 4.98 Å². The Morgan fingerprint density at radius 1 is 1.60 bits per heavy atom. The Balaban J connectivity index is 2.09. The average Bonchev–Trinajstić information content (AvgIpc) is 2.49. The predicted octanol–water partition coefficient (Wildman–Crippen LogP) is -0.170. The number of morpholine rings is 1. The van der Waals surface area contributed by atoms with Crippen molar-refractivity contribution in [3.63, 3.8) is 0 Å². The van der Waals surface area contributed by atoms with Crippen LogP contribution in [-0.4, -0.2) is 57.0 Å². The van der Waals surface area contributed by atoms with Gasteiger partial charge < -0.3 is 25.4 Å². The number of nitrogens with zero attached hydrogens (tertiary/aromatic N) is 2. The molecule has 20 heavy (non-hydrogen) atoms. The zero-order valence-electron chi connectivity index (χ0n) is 11.5. The Morgan fingerprint density at radius 3 is 3.05 bits per heavy atom. The minimum Gasteiger partial charge on any atom is -0.383 e. The summed E-state index contributed by atoms with van der Waals surface area (Å²) < 4.78 is 10.2. The van der Waals surface area contributed by atoms with Crippen LogP contribution < -0.4 is 16.0 Å². The number of anilines is 2. The van der Waals surface area contributed by atoms with Crippen LogP contribution in [0.25, 0.3) is 0 Å². The maximum atomic E-state index is 12.0. The topological polar surface area (TPSA) is 89.7 Å². The van der Waals surface area contributed by atoms with E-state index in [-0.39, 0.29) is 12.5 Å². The molecule has 0 aliphatic carbocycles. The van der Waals surface area contributed by atoms with E-state index >= 15 is 0 Å². The van der Waals surface area contributed by atoms with Crippen molar-refractivity contribution in [3.05, 3.63) is 18.3 Å². The highest BCUT2D eigenvalue weighted by molar-refractivity contribution is 5.97. The first-order valence-corrected chi connectivity index (χ1v) is 6.55. The Kier molecular flexibility index (Phi) is 5.28. The van der Waals surface area contributed by atoms with Gasteiger partial charge in [-0.1, -0.05) is 0 Å². The fraction of sp³-hybridized carbons (Fsp3) is 0.538. The number of amides is 1. The molecule has 2 rings (SSSR count). The molecule has 1 aromatic heterocycles. The van der Waals surface area contributed by atoms with E-state index in [0.29, 0.717) is 18.9 Å². The third kappa shape index (κ3) is 3.66. The third-order valence-electron chi connectivity index (χ3n) is 3.04. The summed E-state index contributed by atoms with van der Waals surface area (Å²) in [6, 6.07) is 2.90. The molecule has 7 heteroatoms. The van der Waals surface area contributed by atoms with Crippen molar-refractivity contribution < 1.29 is 14.3 Å². The van der Waals surface area contributed by atoms with Crippen molar-refractivity contribution in [2.45, 2.75) is 6.04 Å². The van der Waals surface area contributed by atoms with E-state index in [9.17, 15) is 4.79 Å². The molecule has 1 saturated heterocycles. The van der Waals surface area contributed by atoms with Crippen molar-refractivity contribution in [2.75, 3.05) is 50.2 Å². The van der Waals surface area contributed by atoms with Crippen LogP contribution in [-0.2, 0) is 14.3 Å². The number of rotatable bonds is 5. The van der Waals surface area contributed by atoms with Gasteiger partial charge in [0.1, 0.15) is 6.04 Å². The highest BCUT2D eigenvalue weighted by Crippen LogP contribution is 2.23. The number of hydrogen-bond donors (Lipinski definition) is 2. The van der Waals surface area contributed by atoms with Gasteiger partial charge in [0.15, 0.2) is 5.82 Å². The van der Waals surface area contributed by atoms with Gasteiger partial charge in [-0.3, -0.25) is 4.79 Å². The molecule has 1 atom stereocenters. The minimum atomic E-state index is -0.697. The largest absolute Gasteiger partial charge is 0.383 e. The number of carbonyl (C=O) groups excluding carboxylic acids is 1. The van der Waals surface area contributed by atoms with Crippen LogP contribution in [0.3, 0.4) is 0 Å². The van der Waals surface area contributed by atoms with Crippen molar-refractivity contribution in [3.8, 4) is 0 Å². The summed E-state index contributed by atoms with van der Waals surface area (Å²) in [4.78, 5) is 18.4. The van der Waals surface area contributed by atoms with E-state index in [0.717, 1.165) is 18.9 Å². The van der Waals surface area contributed by atoms with Gasteiger partial charge in [-0.2, -0.15) is 0 Å². The second-order valence-electron chi connectivity index (χ2n) is 4.53. The molecule has 2 heterocycles. The highest BCUT2D eigenvalue weighted by Gasteiger charge is 2.19. The molecule has 1 fully saturated rings. The lowest BCUT2D eigenvalue weighted by Gasteiger charge is -2.29. The second kappa shape index (κ2) is 7.18. The van der Waals surface area contributed by atoms with E-state index in [1.54, 1.807) is 12.3 Å². The lowest BCUT2D eigenvalue weighted by atomic mass is 10.2. The molecule has 0 saturated carbocycles. The molecule has 0 bridgehead atoms. The van der Waals surface area contributed by atoms with E-state index < -0.39 is 6.04 Å². The van der Waals surface area contributed by atoms with Crippen molar-refractivity contribution in [1.29, 1.82) is 0 Å². The lowest BCUT2D eigenvalue weighted by Crippen LogP contribution is -2.40. The van der Waals surface area contributed by atoms with Gasteiger partial charge >= 0.3 is 0 Å². The van der Waals surface area contributed by atoms with Gasteiger partial charge in [-0.05, 0) is 12.1 Å². The summed E-state index contributed by atoms with van der Waals surface area (Å²) in [6.45, 7) is 3.01. The summed E-state index contributed by atoms with van der Waals surface area (Å²) >= 11 is 0. The van der Waals surface area contributed by atoms with Gasteiger partial charge in [0.2, 0.25) is 5.91 Å². The molecule has 110 valence electrons. The van der Waals surface area contributed by atoms with Crippen molar-refractivity contribution >= 4 is 17.4 Å². The molecule has 0 spiro atoms. The predicted molar refractivity (Wildman–Crippen MR) is 75.8 cm³/mol. The number of carbonyl (C=O) groups is 1. The summed E-state index contributed by atoms with van der Waals surface area (Å²) in [5, 5.41) is 2.80. The van der Waals surface area contributed by atoms with Gasteiger partial charge in [-0.15, -0.1) is 0 Å². The lowest BCUT2D eigenvalue weighted by molar-refractivity contribution is -0.118. The van der Waals surface area contributed by atoms with Crippen LogP contribution in [0.2, 0.25) is 0 Å². The molecule has 0 radical (unpaired) electrons. The molecule has 1 unspecified atom stereocenters. The number of pyridine rings is 1. The van der Waals surface area contributed by atoms with Crippen LogP contribution in [0.1, 0.15) is 0 Å². The molecule has 1 aliphatic rings. The van der Waals surface area contributed by atoms with Crippen molar-refractivity contribution in [2.24, 2.45) is 5.73 Å². The Morgan fingerprint density at radius 2 is 2.35 bits per heavy atom. The first-order chi connectivity index (χ1) is 9.72. The first kappa shape index (κ1) is 14.7. The quantitative estimate of drug-likeness (QED) is 0.778. The average molecular weight is 280 g/mol. The van der Waals surface area contributed by atoms with Gasteiger partial charge in [0.25, 0.3) is 0 Å². The first-order valence-electron chi connectivity index (χ1n) is 6.55. The maximum Gasteiger partial charge on any atom is 0.243 e. The highest BCUT2D eigenvalue weighted by atomic mass is 16.5. The zero-order chi connectivity index (χ0) is 14.4. The fourth-order valence-corrected chi connectivity index (χ4v) is 2.00. The van der Waals surface area contributed by atoms with Crippen molar-refractivity contribution in [1.82, 2.24) is 4.98 Å². The number of aromatic nitrogens is 1. The van der Waals surface area contributed by atoms with E-state index in [4.69, 9.17) is 15.2 Å². The number of nitrogens with two attached hydrogens (primary N) is 1. The Bertz CT molecular complexity index is 449. The molecule has 1 aliphatic heterocycles. The summed E-state index contributed by atoms with van der Waals surface area (Å²) in [6.07, 6.45) is 1.70. The van der Waals surface area contributed by atoms with E-state index in [1.807, 2.05) is 6.07 Å². The number of nitrogens with one attached hydrogen (secondary N) is 1. The van der Waals surface area contributed by atoms with Crippen LogP contribution in [0.5, 0.6) is 0 Å². The second-order valence-corrected chi connectivity index (χ2v) is 4.53. The normalized spacial score (nSPS) is 16.8. The van der Waals surface area contributed by atoms with E-state index in [1.165, 1.54) is 7.11 Å². The molecule has 7 nitrogen and oxygen atoms in total. The number of ether oxygens (including phenoxy) is 2. The molecular weight excluding hydrogens is 260 g/mol. The molecule has 1 aromatic rings. The van der Waals surface area contributed by atoms with E-state index in [2.05, 4.69) is 15.2 Å². The number of methoxy groups -OCH3 is 1. The standard InChI is InChI=1S/C13H20N4O3/c1-19-9-10(14)13(18)16-11-3-2-4-15-12(11)17-5-7-20-8-6-17/h2-4,10H,5-9,14H2,1H3,(H,16,18). The smallest absolute Gasteiger partial charge is 0.243 e. The number of hydrogen-bond acceptors (Lipinski definition) is 6. The molecule has 0 aromatic carbocycles. The van der Waals surface area contributed by atoms with Crippen LogP contribution in [0, 0.1) is 0 Å². The SMILES string of the molecule is COCC(N)C(=O)Nc1cccnc1N1CCOCC1. The molecular formula is C13H20N4O3. The summed E-state index contributed by atoms with van der Waals surface area (Å²) in [5.41, 5.74) is 6.37. The Labute approximate surface area is 118 Å². The molecule has 3 N–H and O–H groups in total. The Hall–Kier alpha value is -1.70. The minimum absolute atomic E-state index is 0.180. The van der Waals surface area contributed by atoms with Crippen LogP contribution in [0.15, 0.2) is 18.3 Å². The maximum absolute atomic E-state index is 12.0. The zero-order valence-corrected chi connectivity index (χ0v) is 11.5. The monoisotopic (exact) mass is 280 g/mol. The van der Waals surface area contributed by atoms with Crippen LogP contribution >= 0.6 is 0 Å². The summed E-state index contributed by atoms with van der Waals surface area (Å²) in [7, 11) is 1.51. The van der Waals surface area contributed by atoms with Gasteiger partial charge in [0.05, 0.1) is 25.5 Å². The third-order valence-corrected chi connectivity index (χ3v) is 3.04. The molecule has 1 amide bonds. The summed E-state index contributed by atoms with van der Waals surface area (Å²) in [5.74, 6) is 0.461. The van der Waals surface area contributed by atoms with Gasteiger partial charge in [0, 0.05) is 26.4 Å². The van der Waals surface area contributed by atoms with Crippen LogP contribution in [0.4, 0.5) is 11.5 Å². The fourth-order valence-electron chi connectivity index (χ4n) is 2.00.